The number of nitrogens with one attached hydrogen (secondary N) is 1. The van der Waals surface area contributed by atoms with Gasteiger partial charge in [0.1, 0.15) is 6.04 Å². The Labute approximate surface area is 125 Å². The molecule has 0 aliphatic carbocycles. The van der Waals surface area contributed by atoms with E-state index in [2.05, 4.69) is 21.2 Å². The number of amides is 1. The second kappa shape index (κ2) is 6.70. The highest BCUT2D eigenvalue weighted by molar-refractivity contribution is 9.10. The second-order valence-electron chi connectivity index (χ2n) is 4.54. The molecule has 0 bridgehead atoms. The van der Waals surface area contributed by atoms with E-state index in [1.165, 1.54) is 0 Å². The Morgan fingerprint density at radius 3 is 3.05 bits per heavy atom. The zero-order valence-electron chi connectivity index (χ0n) is 10.4. The lowest BCUT2D eigenvalue weighted by Gasteiger charge is -2.19. The number of carbonyl (C=O) groups excluding carboxylic acids is 1. The summed E-state index contributed by atoms with van der Waals surface area (Å²) in [4.78, 5) is 11.6. The summed E-state index contributed by atoms with van der Waals surface area (Å²) in [6, 6.07) is 4.73. The molecule has 1 aromatic rings. The van der Waals surface area contributed by atoms with Crippen LogP contribution in [0.1, 0.15) is 24.4 Å². The van der Waals surface area contributed by atoms with Crippen molar-refractivity contribution in [3.63, 3.8) is 0 Å². The van der Waals surface area contributed by atoms with Crippen molar-refractivity contribution < 1.29 is 9.53 Å². The van der Waals surface area contributed by atoms with Crippen molar-refractivity contribution in [1.82, 2.24) is 5.32 Å². The normalized spacial score (nSPS) is 20.4. The zero-order valence-corrected chi connectivity index (χ0v) is 12.7. The monoisotopic (exact) mass is 346 g/mol. The van der Waals surface area contributed by atoms with Crippen LogP contribution in [0.2, 0.25) is 5.02 Å². The summed E-state index contributed by atoms with van der Waals surface area (Å²) in [7, 11) is 0. The van der Waals surface area contributed by atoms with Crippen LogP contribution < -0.4 is 11.1 Å². The molecule has 1 heterocycles. The molecule has 1 saturated heterocycles. The lowest BCUT2D eigenvalue weighted by molar-refractivity contribution is -0.120. The first-order chi connectivity index (χ1) is 9.08. The second-order valence-corrected chi connectivity index (χ2v) is 5.84. The predicted molar refractivity (Wildman–Crippen MR) is 78.1 cm³/mol. The summed E-state index contributed by atoms with van der Waals surface area (Å²) >= 11 is 9.38. The number of carbonyl (C=O) groups is 1. The largest absolute Gasteiger partial charge is 0.377 e. The molecule has 6 heteroatoms. The Morgan fingerprint density at radius 1 is 1.63 bits per heavy atom. The summed E-state index contributed by atoms with van der Waals surface area (Å²) in [5.74, 6) is -0.430. The van der Waals surface area contributed by atoms with Gasteiger partial charge in [-0.15, -0.1) is 0 Å². The van der Waals surface area contributed by atoms with E-state index in [-0.39, 0.29) is 6.10 Å². The minimum Gasteiger partial charge on any atom is -0.377 e. The summed E-state index contributed by atoms with van der Waals surface area (Å²) in [5.41, 5.74) is 6.21. The quantitative estimate of drug-likeness (QED) is 0.859. The number of halogens is 2. The molecule has 0 saturated carbocycles. The average molecular weight is 348 g/mol. The average Bonchev–Trinajstić information content (AvgIpc) is 2.86. The molecule has 2 unspecified atom stereocenters. The van der Waals surface area contributed by atoms with Gasteiger partial charge in [0, 0.05) is 22.6 Å². The van der Waals surface area contributed by atoms with Gasteiger partial charge in [-0.2, -0.15) is 0 Å². The molecule has 1 amide bonds. The fourth-order valence-electron chi connectivity index (χ4n) is 2.15. The molecule has 104 valence electrons. The number of benzene rings is 1. The molecular formula is C13H16BrClN2O2. The standard InChI is InChI=1S/C13H16BrClN2O2/c14-11-4-3-8(15)6-10(11)12(13(16)18)17-7-9-2-1-5-19-9/h3-4,6,9,12,17H,1-2,5,7H2,(H2,16,18). The van der Waals surface area contributed by atoms with E-state index in [0.29, 0.717) is 11.6 Å². The van der Waals surface area contributed by atoms with Gasteiger partial charge in [-0.3, -0.25) is 10.1 Å². The first-order valence-corrected chi connectivity index (χ1v) is 7.34. The molecule has 1 aliphatic rings. The van der Waals surface area contributed by atoms with Crippen LogP contribution in [0.4, 0.5) is 0 Å². The minimum atomic E-state index is -0.572. The lowest BCUT2D eigenvalue weighted by Crippen LogP contribution is -2.38. The molecule has 1 fully saturated rings. The maximum absolute atomic E-state index is 11.6. The van der Waals surface area contributed by atoms with Gasteiger partial charge in [0.25, 0.3) is 0 Å². The topological polar surface area (TPSA) is 64.4 Å². The van der Waals surface area contributed by atoms with Crippen molar-refractivity contribution in [3.8, 4) is 0 Å². The fraction of sp³-hybridized carbons (Fsp3) is 0.462. The summed E-state index contributed by atoms with van der Waals surface area (Å²) in [6.45, 7) is 1.39. The molecule has 19 heavy (non-hydrogen) atoms. The van der Waals surface area contributed by atoms with Crippen LogP contribution in [-0.2, 0) is 9.53 Å². The highest BCUT2D eigenvalue weighted by atomic mass is 79.9. The highest BCUT2D eigenvalue weighted by Crippen LogP contribution is 2.27. The lowest BCUT2D eigenvalue weighted by atomic mass is 10.1. The van der Waals surface area contributed by atoms with Crippen LogP contribution in [0.3, 0.4) is 0 Å². The third-order valence-electron chi connectivity index (χ3n) is 3.13. The van der Waals surface area contributed by atoms with Crippen LogP contribution >= 0.6 is 27.5 Å². The van der Waals surface area contributed by atoms with Crippen molar-refractivity contribution in [2.24, 2.45) is 5.73 Å². The molecule has 0 radical (unpaired) electrons. The fourth-order valence-corrected chi connectivity index (χ4v) is 2.81. The Bertz CT molecular complexity index is 464. The molecule has 2 rings (SSSR count). The van der Waals surface area contributed by atoms with Crippen LogP contribution in [-0.4, -0.2) is 25.2 Å². The number of nitrogens with two attached hydrogens (primary N) is 1. The summed E-state index contributed by atoms with van der Waals surface area (Å²) in [6.07, 6.45) is 2.23. The highest BCUT2D eigenvalue weighted by Gasteiger charge is 2.23. The molecular weight excluding hydrogens is 332 g/mol. The predicted octanol–water partition coefficient (Wildman–Crippen LogP) is 2.40. The van der Waals surface area contributed by atoms with E-state index in [1.807, 2.05) is 0 Å². The molecule has 1 aliphatic heterocycles. The van der Waals surface area contributed by atoms with Crippen molar-refractivity contribution in [1.29, 1.82) is 0 Å². The maximum atomic E-state index is 11.6. The van der Waals surface area contributed by atoms with Gasteiger partial charge in [-0.05, 0) is 36.6 Å². The first kappa shape index (κ1) is 14.8. The molecule has 0 spiro atoms. The summed E-state index contributed by atoms with van der Waals surface area (Å²) < 4.78 is 6.33. The Balaban J connectivity index is 2.10. The van der Waals surface area contributed by atoms with Gasteiger partial charge in [0.15, 0.2) is 0 Å². The van der Waals surface area contributed by atoms with E-state index in [0.717, 1.165) is 29.5 Å². The van der Waals surface area contributed by atoms with E-state index >= 15 is 0 Å². The van der Waals surface area contributed by atoms with Gasteiger partial charge in [0.2, 0.25) is 5.91 Å². The van der Waals surface area contributed by atoms with Gasteiger partial charge in [-0.25, -0.2) is 0 Å². The number of primary amides is 1. The van der Waals surface area contributed by atoms with Crippen molar-refractivity contribution in [3.05, 3.63) is 33.3 Å². The van der Waals surface area contributed by atoms with E-state index in [4.69, 9.17) is 22.1 Å². The van der Waals surface area contributed by atoms with Crippen LogP contribution in [0.15, 0.2) is 22.7 Å². The molecule has 2 atom stereocenters. The third kappa shape index (κ3) is 3.92. The maximum Gasteiger partial charge on any atom is 0.239 e. The van der Waals surface area contributed by atoms with Crippen molar-refractivity contribution >= 4 is 33.4 Å². The van der Waals surface area contributed by atoms with Crippen LogP contribution in [0.5, 0.6) is 0 Å². The Morgan fingerprint density at radius 2 is 2.42 bits per heavy atom. The SMILES string of the molecule is NC(=O)C(NCC1CCCO1)c1cc(Cl)ccc1Br. The van der Waals surface area contributed by atoms with Gasteiger partial charge < -0.3 is 10.5 Å². The van der Waals surface area contributed by atoms with Gasteiger partial charge in [0.05, 0.1) is 6.10 Å². The Hall–Kier alpha value is -0.620. The van der Waals surface area contributed by atoms with Crippen molar-refractivity contribution in [2.45, 2.75) is 25.0 Å². The van der Waals surface area contributed by atoms with Crippen molar-refractivity contribution in [2.75, 3.05) is 13.2 Å². The Kier molecular flexibility index (Phi) is 5.21. The van der Waals surface area contributed by atoms with Gasteiger partial charge >= 0.3 is 0 Å². The number of hydrogen-bond acceptors (Lipinski definition) is 3. The van der Waals surface area contributed by atoms with Crippen LogP contribution in [0.25, 0.3) is 0 Å². The molecule has 1 aromatic carbocycles. The molecule has 3 N–H and O–H groups in total. The van der Waals surface area contributed by atoms with E-state index < -0.39 is 11.9 Å². The first-order valence-electron chi connectivity index (χ1n) is 6.17. The third-order valence-corrected chi connectivity index (χ3v) is 4.08. The number of ether oxygens (including phenoxy) is 1. The van der Waals surface area contributed by atoms with Crippen LogP contribution in [0, 0.1) is 0 Å². The zero-order chi connectivity index (χ0) is 13.8. The number of rotatable bonds is 5. The van der Waals surface area contributed by atoms with Gasteiger partial charge in [-0.1, -0.05) is 27.5 Å². The smallest absolute Gasteiger partial charge is 0.239 e. The molecule has 0 aromatic heterocycles. The van der Waals surface area contributed by atoms with E-state index in [1.54, 1.807) is 18.2 Å². The number of hydrogen-bond donors (Lipinski definition) is 2. The minimum absolute atomic E-state index is 0.153. The summed E-state index contributed by atoms with van der Waals surface area (Å²) in [5, 5.41) is 3.73. The molecule has 4 nitrogen and oxygen atoms in total. The van der Waals surface area contributed by atoms with E-state index in [9.17, 15) is 4.79 Å².